The smallest absolute Gasteiger partial charge is 0.261 e. The molecule has 0 aliphatic rings. The molecule has 2 rings (SSSR count). The first-order chi connectivity index (χ1) is 13.3. The van der Waals surface area contributed by atoms with Crippen LogP contribution in [0.1, 0.15) is 19.4 Å². The SMILES string of the molecule is CCNC(=O)[C@H](C)N(Cc1ccccc1Cl)C(=O)COc1ccc(Cl)cc1Cl. The molecule has 5 nitrogen and oxygen atoms in total. The van der Waals surface area contributed by atoms with E-state index in [1.54, 1.807) is 31.2 Å². The molecule has 0 heterocycles. The van der Waals surface area contributed by atoms with E-state index in [-0.39, 0.29) is 25.0 Å². The lowest BCUT2D eigenvalue weighted by Gasteiger charge is -2.29. The van der Waals surface area contributed by atoms with Crippen molar-refractivity contribution < 1.29 is 14.3 Å². The maximum absolute atomic E-state index is 12.9. The molecular formula is C20H21Cl3N2O3. The molecule has 8 heteroatoms. The fourth-order valence-corrected chi connectivity index (χ4v) is 3.19. The number of benzene rings is 2. The molecule has 1 N–H and O–H groups in total. The quantitative estimate of drug-likeness (QED) is 0.650. The minimum absolute atomic E-state index is 0.175. The third-order valence-electron chi connectivity index (χ3n) is 4.06. The van der Waals surface area contributed by atoms with Crippen molar-refractivity contribution in [3.63, 3.8) is 0 Å². The number of nitrogens with one attached hydrogen (secondary N) is 1. The molecule has 0 aromatic heterocycles. The zero-order chi connectivity index (χ0) is 20.7. The van der Waals surface area contributed by atoms with Crippen LogP contribution in [-0.4, -0.2) is 35.9 Å². The monoisotopic (exact) mass is 442 g/mol. The van der Waals surface area contributed by atoms with Crippen LogP contribution < -0.4 is 10.1 Å². The van der Waals surface area contributed by atoms with Gasteiger partial charge < -0.3 is 15.0 Å². The minimum atomic E-state index is -0.701. The van der Waals surface area contributed by atoms with Crippen LogP contribution >= 0.6 is 34.8 Å². The van der Waals surface area contributed by atoms with Crippen molar-refractivity contribution in [3.8, 4) is 5.75 Å². The minimum Gasteiger partial charge on any atom is -0.482 e. The summed E-state index contributed by atoms with van der Waals surface area (Å²) in [7, 11) is 0. The third kappa shape index (κ3) is 6.03. The van der Waals surface area contributed by atoms with Crippen LogP contribution in [0.3, 0.4) is 0 Å². The number of ether oxygens (including phenoxy) is 1. The highest BCUT2D eigenvalue weighted by Crippen LogP contribution is 2.27. The molecule has 2 aromatic rings. The number of carbonyl (C=O) groups excluding carboxylic acids is 2. The second-order valence-electron chi connectivity index (χ2n) is 6.05. The van der Waals surface area contributed by atoms with E-state index >= 15 is 0 Å². The Morgan fingerprint density at radius 2 is 1.82 bits per heavy atom. The molecule has 1 atom stereocenters. The second-order valence-corrected chi connectivity index (χ2v) is 7.30. The summed E-state index contributed by atoms with van der Waals surface area (Å²) in [4.78, 5) is 26.6. The predicted molar refractivity (Wildman–Crippen MR) is 112 cm³/mol. The molecule has 0 saturated heterocycles. The van der Waals surface area contributed by atoms with E-state index in [4.69, 9.17) is 39.5 Å². The van der Waals surface area contributed by atoms with Gasteiger partial charge in [-0.2, -0.15) is 0 Å². The lowest BCUT2D eigenvalue weighted by atomic mass is 10.1. The number of rotatable bonds is 8. The summed E-state index contributed by atoms with van der Waals surface area (Å²) in [6, 6.07) is 11.2. The van der Waals surface area contributed by atoms with E-state index < -0.39 is 6.04 Å². The van der Waals surface area contributed by atoms with Crippen molar-refractivity contribution in [2.75, 3.05) is 13.2 Å². The Bertz CT molecular complexity index is 845. The second kappa shape index (κ2) is 10.6. The van der Waals surface area contributed by atoms with Gasteiger partial charge in [0.05, 0.1) is 5.02 Å². The molecule has 28 heavy (non-hydrogen) atoms. The molecule has 2 amide bonds. The molecule has 0 spiro atoms. The third-order valence-corrected chi connectivity index (χ3v) is 4.96. The highest BCUT2D eigenvalue weighted by Gasteiger charge is 2.26. The Morgan fingerprint density at radius 1 is 1.11 bits per heavy atom. The van der Waals surface area contributed by atoms with Gasteiger partial charge in [0.1, 0.15) is 11.8 Å². The highest BCUT2D eigenvalue weighted by atomic mass is 35.5. The van der Waals surface area contributed by atoms with Crippen molar-refractivity contribution in [1.29, 1.82) is 0 Å². The van der Waals surface area contributed by atoms with E-state index in [9.17, 15) is 9.59 Å². The standard InChI is InChI=1S/C20H21Cl3N2O3/c1-3-24-20(27)13(2)25(11-14-6-4-5-7-16(14)22)19(26)12-28-18-9-8-15(21)10-17(18)23/h4-10,13H,3,11-12H2,1-2H3,(H,24,27)/t13-/m0/s1. The van der Waals surface area contributed by atoms with Gasteiger partial charge in [-0.05, 0) is 43.7 Å². The summed E-state index contributed by atoms with van der Waals surface area (Å²) in [5.41, 5.74) is 0.734. The number of hydrogen-bond acceptors (Lipinski definition) is 3. The van der Waals surface area contributed by atoms with E-state index in [0.29, 0.717) is 27.4 Å². The van der Waals surface area contributed by atoms with Crippen molar-refractivity contribution in [3.05, 3.63) is 63.1 Å². The van der Waals surface area contributed by atoms with Crippen LogP contribution in [0, 0.1) is 0 Å². The largest absolute Gasteiger partial charge is 0.482 e. The Labute approximate surface area is 179 Å². The average Bonchev–Trinajstić information content (AvgIpc) is 2.66. The average molecular weight is 444 g/mol. The number of nitrogens with zero attached hydrogens (tertiary/aromatic N) is 1. The number of carbonyl (C=O) groups is 2. The van der Waals surface area contributed by atoms with Crippen LogP contribution in [0.5, 0.6) is 5.75 Å². The zero-order valence-electron chi connectivity index (χ0n) is 15.5. The Kier molecular flexibility index (Phi) is 8.42. The molecule has 0 unspecified atom stereocenters. The summed E-state index contributed by atoms with van der Waals surface area (Å²) >= 11 is 18.2. The number of halogens is 3. The van der Waals surface area contributed by atoms with Gasteiger partial charge in [-0.1, -0.05) is 53.0 Å². The fraction of sp³-hybridized carbons (Fsp3) is 0.300. The van der Waals surface area contributed by atoms with Crippen LogP contribution in [0.2, 0.25) is 15.1 Å². The zero-order valence-corrected chi connectivity index (χ0v) is 17.8. The van der Waals surface area contributed by atoms with Crippen LogP contribution in [-0.2, 0) is 16.1 Å². The van der Waals surface area contributed by atoms with Crippen molar-refractivity contribution in [2.24, 2.45) is 0 Å². The summed E-state index contributed by atoms with van der Waals surface area (Å²) in [5, 5.41) is 4.01. The lowest BCUT2D eigenvalue weighted by Crippen LogP contribution is -2.49. The fourth-order valence-electron chi connectivity index (χ4n) is 2.53. The first-order valence-electron chi connectivity index (χ1n) is 8.72. The van der Waals surface area contributed by atoms with Gasteiger partial charge in [-0.25, -0.2) is 0 Å². The van der Waals surface area contributed by atoms with E-state index in [0.717, 1.165) is 5.56 Å². The summed E-state index contributed by atoms with van der Waals surface area (Å²) < 4.78 is 5.55. The molecule has 2 aromatic carbocycles. The predicted octanol–water partition coefficient (Wildman–Crippen LogP) is 4.58. The number of hydrogen-bond donors (Lipinski definition) is 1. The van der Waals surface area contributed by atoms with Gasteiger partial charge in [-0.3, -0.25) is 9.59 Å². The molecule has 0 fully saturated rings. The van der Waals surface area contributed by atoms with E-state index in [1.165, 1.54) is 11.0 Å². The van der Waals surface area contributed by atoms with Gasteiger partial charge in [0.15, 0.2) is 6.61 Å². The Morgan fingerprint density at radius 3 is 2.46 bits per heavy atom. The molecule has 0 aliphatic heterocycles. The van der Waals surface area contributed by atoms with Crippen molar-refractivity contribution in [2.45, 2.75) is 26.4 Å². The summed E-state index contributed by atoms with van der Waals surface area (Å²) in [6.45, 7) is 3.84. The lowest BCUT2D eigenvalue weighted by molar-refractivity contribution is -0.142. The topological polar surface area (TPSA) is 58.6 Å². The molecule has 0 bridgehead atoms. The van der Waals surface area contributed by atoms with Gasteiger partial charge in [0, 0.05) is 23.1 Å². The molecular weight excluding hydrogens is 423 g/mol. The first-order valence-corrected chi connectivity index (χ1v) is 9.85. The van der Waals surface area contributed by atoms with Gasteiger partial charge in [-0.15, -0.1) is 0 Å². The maximum Gasteiger partial charge on any atom is 0.261 e. The number of amides is 2. The van der Waals surface area contributed by atoms with Gasteiger partial charge in [0.2, 0.25) is 5.91 Å². The molecule has 150 valence electrons. The van der Waals surface area contributed by atoms with Crippen LogP contribution in [0.4, 0.5) is 0 Å². The first kappa shape index (κ1) is 22.3. The summed E-state index contributed by atoms with van der Waals surface area (Å²) in [5.74, 6) is -0.292. The van der Waals surface area contributed by atoms with Crippen molar-refractivity contribution in [1.82, 2.24) is 10.2 Å². The maximum atomic E-state index is 12.9. The Hall–Kier alpha value is -1.95. The molecule has 0 saturated carbocycles. The van der Waals surface area contributed by atoms with E-state index in [1.807, 2.05) is 19.1 Å². The van der Waals surface area contributed by atoms with Gasteiger partial charge in [0.25, 0.3) is 5.91 Å². The van der Waals surface area contributed by atoms with Crippen LogP contribution in [0.15, 0.2) is 42.5 Å². The highest BCUT2D eigenvalue weighted by molar-refractivity contribution is 6.35. The number of likely N-dealkylation sites (N-methyl/N-ethyl adjacent to an activating group) is 1. The Balaban J connectivity index is 2.18. The van der Waals surface area contributed by atoms with Crippen molar-refractivity contribution >= 4 is 46.6 Å². The normalized spacial score (nSPS) is 11.6. The van der Waals surface area contributed by atoms with Gasteiger partial charge >= 0.3 is 0 Å². The summed E-state index contributed by atoms with van der Waals surface area (Å²) in [6.07, 6.45) is 0. The van der Waals surface area contributed by atoms with Crippen LogP contribution in [0.25, 0.3) is 0 Å². The molecule has 0 radical (unpaired) electrons. The van der Waals surface area contributed by atoms with E-state index in [2.05, 4.69) is 5.32 Å². The molecule has 0 aliphatic carbocycles.